The molecule has 0 spiro atoms. The predicted molar refractivity (Wildman–Crippen MR) is 68.7 cm³/mol. The van der Waals surface area contributed by atoms with Gasteiger partial charge in [0.25, 0.3) is 5.23 Å². The molecule has 1 aromatic rings. The van der Waals surface area contributed by atoms with E-state index in [9.17, 15) is 0 Å². The van der Waals surface area contributed by atoms with E-state index < -0.39 is 0 Å². The van der Waals surface area contributed by atoms with Crippen molar-refractivity contribution in [2.45, 2.75) is 6.92 Å². The lowest BCUT2D eigenvalue weighted by Gasteiger charge is -2.04. The van der Waals surface area contributed by atoms with E-state index in [2.05, 4.69) is 4.99 Å². The van der Waals surface area contributed by atoms with Crippen LogP contribution in [0.25, 0.3) is 0 Å². The molecular weight excluding hydrogens is 253 g/mol. The highest BCUT2D eigenvalue weighted by molar-refractivity contribution is 8.12. The summed E-state index contributed by atoms with van der Waals surface area (Å²) >= 11 is 13.1. The van der Waals surface area contributed by atoms with Gasteiger partial charge in [0.1, 0.15) is 0 Å². The van der Waals surface area contributed by atoms with E-state index >= 15 is 0 Å². The molecule has 0 heterocycles. The first kappa shape index (κ1) is 12.7. The molecule has 0 aliphatic heterocycles. The Hall–Kier alpha value is -0.380. The standard InChI is InChI=1S/C10H11Cl2NOS/c1-3-14-10(15-2)13-7-4-5-8(11)9(12)6-7/h4-6H,3H2,1-2H3. The molecule has 2 nitrogen and oxygen atoms in total. The molecule has 0 aliphatic carbocycles. The number of rotatable bonds is 2. The maximum Gasteiger partial charge on any atom is 0.250 e. The SMILES string of the molecule is CCOC(=Nc1ccc(Cl)c(Cl)c1)SC. The maximum absolute atomic E-state index is 5.87. The van der Waals surface area contributed by atoms with E-state index in [1.54, 1.807) is 18.2 Å². The lowest BCUT2D eigenvalue weighted by Crippen LogP contribution is -1.97. The van der Waals surface area contributed by atoms with Crippen LogP contribution < -0.4 is 0 Å². The molecule has 1 rings (SSSR count). The third-order valence-electron chi connectivity index (χ3n) is 1.57. The molecule has 0 unspecified atom stereocenters. The summed E-state index contributed by atoms with van der Waals surface area (Å²) in [7, 11) is 0. The van der Waals surface area contributed by atoms with Gasteiger partial charge in [0.15, 0.2) is 0 Å². The molecule has 15 heavy (non-hydrogen) atoms. The van der Waals surface area contributed by atoms with E-state index in [1.165, 1.54) is 11.8 Å². The van der Waals surface area contributed by atoms with Gasteiger partial charge >= 0.3 is 0 Å². The van der Waals surface area contributed by atoms with Gasteiger partial charge in [0, 0.05) is 0 Å². The summed E-state index contributed by atoms with van der Waals surface area (Å²) in [6, 6.07) is 5.22. The molecular formula is C10H11Cl2NOS. The summed E-state index contributed by atoms with van der Waals surface area (Å²) in [5, 5.41) is 1.64. The Kier molecular flexibility index (Phi) is 5.29. The summed E-state index contributed by atoms with van der Waals surface area (Å²) in [5.41, 5.74) is 0.738. The Bertz CT molecular complexity index is 368. The molecule has 0 saturated heterocycles. The summed E-state index contributed by atoms with van der Waals surface area (Å²) in [6.07, 6.45) is 1.91. The molecule has 0 atom stereocenters. The first-order chi connectivity index (χ1) is 7.17. The summed E-state index contributed by atoms with van der Waals surface area (Å²) in [6.45, 7) is 2.52. The molecule has 0 bridgehead atoms. The highest BCUT2D eigenvalue weighted by Gasteiger charge is 2.01. The van der Waals surface area contributed by atoms with Crippen LogP contribution in [-0.2, 0) is 4.74 Å². The van der Waals surface area contributed by atoms with Crippen LogP contribution in [0.5, 0.6) is 0 Å². The van der Waals surface area contributed by atoms with E-state index in [0.717, 1.165) is 5.69 Å². The van der Waals surface area contributed by atoms with Crippen molar-refractivity contribution >= 4 is 45.9 Å². The van der Waals surface area contributed by atoms with Crippen molar-refractivity contribution in [3.8, 4) is 0 Å². The van der Waals surface area contributed by atoms with Crippen molar-refractivity contribution in [3.63, 3.8) is 0 Å². The topological polar surface area (TPSA) is 21.6 Å². The van der Waals surface area contributed by atoms with E-state index in [4.69, 9.17) is 27.9 Å². The van der Waals surface area contributed by atoms with Gasteiger partial charge in [0.2, 0.25) is 0 Å². The minimum absolute atomic E-state index is 0.495. The van der Waals surface area contributed by atoms with Gasteiger partial charge in [-0.25, -0.2) is 4.99 Å². The Balaban J connectivity index is 2.91. The minimum Gasteiger partial charge on any atom is -0.473 e. The average Bonchev–Trinajstić information content (AvgIpc) is 2.23. The van der Waals surface area contributed by atoms with E-state index in [0.29, 0.717) is 21.9 Å². The van der Waals surface area contributed by atoms with Crippen LogP contribution in [0.3, 0.4) is 0 Å². The zero-order chi connectivity index (χ0) is 11.3. The van der Waals surface area contributed by atoms with Crippen LogP contribution in [-0.4, -0.2) is 18.1 Å². The molecule has 0 aliphatic rings. The summed E-state index contributed by atoms with van der Waals surface area (Å²) in [5.74, 6) is 0. The Morgan fingerprint density at radius 1 is 1.40 bits per heavy atom. The van der Waals surface area contributed by atoms with Crippen LogP contribution in [0, 0.1) is 0 Å². The smallest absolute Gasteiger partial charge is 0.250 e. The Morgan fingerprint density at radius 3 is 2.67 bits per heavy atom. The molecule has 0 N–H and O–H groups in total. The fourth-order valence-corrected chi connectivity index (χ4v) is 1.65. The summed E-state index contributed by atoms with van der Waals surface area (Å²) in [4.78, 5) is 4.28. The lowest BCUT2D eigenvalue weighted by atomic mass is 10.3. The van der Waals surface area contributed by atoms with Crippen LogP contribution in [0.15, 0.2) is 23.2 Å². The number of aliphatic imine (C=N–C) groups is 1. The van der Waals surface area contributed by atoms with Gasteiger partial charge in [-0.3, -0.25) is 0 Å². The molecule has 82 valence electrons. The van der Waals surface area contributed by atoms with E-state index in [1.807, 2.05) is 13.2 Å². The summed E-state index contributed by atoms with van der Waals surface area (Å²) < 4.78 is 5.30. The van der Waals surface area contributed by atoms with Crippen molar-refractivity contribution in [1.29, 1.82) is 0 Å². The van der Waals surface area contributed by atoms with E-state index in [-0.39, 0.29) is 0 Å². The molecule has 0 saturated carbocycles. The number of ether oxygens (including phenoxy) is 1. The van der Waals surface area contributed by atoms with Crippen molar-refractivity contribution in [2.24, 2.45) is 4.99 Å². The Morgan fingerprint density at radius 2 is 2.13 bits per heavy atom. The van der Waals surface area contributed by atoms with Crippen molar-refractivity contribution < 1.29 is 4.74 Å². The van der Waals surface area contributed by atoms with Gasteiger partial charge in [-0.05, 0) is 31.4 Å². The second kappa shape index (κ2) is 6.26. The maximum atomic E-state index is 5.87. The highest BCUT2D eigenvalue weighted by Crippen LogP contribution is 2.27. The third kappa shape index (κ3) is 3.93. The normalized spacial score (nSPS) is 11.6. The van der Waals surface area contributed by atoms with Gasteiger partial charge in [-0.15, -0.1) is 0 Å². The van der Waals surface area contributed by atoms with Crippen LogP contribution in [0.4, 0.5) is 5.69 Å². The monoisotopic (exact) mass is 263 g/mol. The number of halogens is 2. The molecule has 5 heteroatoms. The van der Waals surface area contributed by atoms with Crippen molar-refractivity contribution in [2.75, 3.05) is 12.9 Å². The number of hydrogen-bond acceptors (Lipinski definition) is 3. The molecule has 0 fully saturated rings. The fraction of sp³-hybridized carbons (Fsp3) is 0.300. The van der Waals surface area contributed by atoms with Crippen LogP contribution in [0.2, 0.25) is 10.0 Å². The quantitative estimate of drug-likeness (QED) is 0.584. The zero-order valence-electron chi connectivity index (χ0n) is 8.46. The van der Waals surface area contributed by atoms with Gasteiger partial charge in [-0.1, -0.05) is 35.0 Å². The largest absolute Gasteiger partial charge is 0.473 e. The lowest BCUT2D eigenvalue weighted by molar-refractivity contribution is 0.338. The van der Waals surface area contributed by atoms with Crippen molar-refractivity contribution in [3.05, 3.63) is 28.2 Å². The first-order valence-electron chi connectivity index (χ1n) is 4.38. The number of nitrogens with zero attached hydrogens (tertiary/aromatic N) is 1. The molecule has 1 aromatic carbocycles. The number of benzene rings is 1. The van der Waals surface area contributed by atoms with Crippen molar-refractivity contribution in [1.82, 2.24) is 0 Å². The minimum atomic E-state index is 0.495. The van der Waals surface area contributed by atoms with Gasteiger partial charge in [-0.2, -0.15) is 0 Å². The first-order valence-corrected chi connectivity index (χ1v) is 6.36. The van der Waals surface area contributed by atoms with Gasteiger partial charge < -0.3 is 4.74 Å². The predicted octanol–water partition coefficient (Wildman–Crippen LogP) is 4.38. The highest BCUT2D eigenvalue weighted by atomic mass is 35.5. The molecule has 0 radical (unpaired) electrons. The number of thioether (sulfide) groups is 1. The number of hydrogen-bond donors (Lipinski definition) is 0. The zero-order valence-corrected chi connectivity index (χ0v) is 10.8. The Labute approximate surface area is 104 Å². The molecule has 0 amide bonds. The molecule has 0 aromatic heterocycles. The van der Waals surface area contributed by atoms with Gasteiger partial charge in [0.05, 0.1) is 22.3 Å². The third-order valence-corrected chi connectivity index (χ3v) is 2.86. The fourth-order valence-electron chi connectivity index (χ4n) is 0.920. The second-order valence-corrected chi connectivity index (χ2v) is 4.19. The van der Waals surface area contributed by atoms with Crippen LogP contribution in [0.1, 0.15) is 6.92 Å². The average molecular weight is 264 g/mol. The second-order valence-electron chi connectivity index (χ2n) is 2.61. The van der Waals surface area contributed by atoms with Crippen LogP contribution >= 0.6 is 35.0 Å².